The van der Waals surface area contributed by atoms with Crippen LogP contribution in [0.4, 0.5) is 5.69 Å². The average molecular weight is 456 g/mol. The van der Waals surface area contributed by atoms with Gasteiger partial charge in [0.25, 0.3) is 0 Å². The maximum absolute atomic E-state index is 13.4. The van der Waals surface area contributed by atoms with Crippen molar-refractivity contribution in [3.63, 3.8) is 0 Å². The normalized spacial score (nSPS) is 18.5. The van der Waals surface area contributed by atoms with Crippen molar-refractivity contribution in [1.82, 2.24) is 0 Å². The average Bonchev–Trinajstić information content (AvgIpc) is 2.78. The van der Waals surface area contributed by atoms with Crippen LogP contribution >= 0.6 is 11.6 Å². The lowest BCUT2D eigenvalue weighted by molar-refractivity contribution is -0.119. The van der Waals surface area contributed by atoms with Crippen molar-refractivity contribution >= 4 is 34.9 Å². The molecule has 1 N–H and O–H groups in total. The van der Waals surface area contributed by atoms with E-state index in [9.17, 15) is 19.5 Å². The van der Waals surface area contributed by atoms with Crippen LogP contribution in [0.25, 0.3) is 0 Å². The van der Waals surface area contributed by atoms with Gasteiger partial charge in [-0.1, -0.05) is 23.7 Å². The molecule has 1 amide bonds. The molecule has 1 atom stereocenters. The number of nitrogens with zero attached hydrogens (tertiary/aromatic N) is 1. The van der Waals surface area contributed by atoms with Crippen molar-refractivity contribution in [3.8, 4) is 11.5 Å². The first-order valence-corrected chi connectivity index (χ1v) is 10.6. The summed E-state index contributed by atoms with van der Waals surface area (Å²) in [5.74, 6) is -0.921. The minimum atomic E-state index is -1.12. The SMILES string of the molecule is COc1cccc(C2CC(=O)N(c3cc(C(=O)O)ccc3Cl)C3=C2C(=O)CCC3)c1OC. The smallest absolute Gasteiger partial charge is 0.335 e. The number of benzene rings is 2. The molecule has 2 aromatic carbocycles. The fraction of sp³-hybridized carbons (Fsp3) is 0.292. The van der Waals surface area contributed by atoms with Crippen LogP contribution in [-0.4, -0.2) is 37.0 Å². The molecule has 32 heavy (non-hydrogen) atoms. The van der Waals surface area contributed by atoms with E-state index in [1.807, 2.05) is 6.07 Å². The van der Waals surface area contributed by atoms with Crippen LogP contribution in [0.1, 0.15) is 47.5 Å². The maximum atomic E-state index is 13.4. The first kappa shape index (κ1) is 21.9. The molecule has 0 aromatic heterocycles. The van der Waals surface area contributed by atoms with E-state index in [0.29, 0.717) is 47.6 Å². The standard InChI is InChI=1S/C24H22ClNO6/c1-31-20-8-3-5-14(23(20)32-2)15-12-21(28)26(17-6-4-7-19(27)22(15)17)18-11-13(24(29)30)9-10-16(18)25/h3,5,8-11,15H,4,6-7,12H2,1-2H3,(H,29,30). The third kappa shape index (κ3) is 3.62. The number of amides is 1. The van der Waals surface area contributed by atoms with Gasteiger partial charge in [-0.2, -0.15) is 0 Å². The number of ether oxygens (including phenoxy) is 2. The quantitative estimate of drug-likeness (QED) is 0.709. The molecule has 8 heteroatoms. The molecule has 1 aliphatic carbocycles. The minimum absolute atomic E-state index is 0.0121. The number of carboxylic acid groups (broad SMARTS) is 1. The number of methoxy groups -OCH3 is 2. The number of hydrogen-bond donors (Lipinski definition) is 1. The highest BCUT2D eigenvalue weighted by Gasteiger charge is 2.41. The van der Waals surface area contributed by atoms with Gasteiger partial charge in [0.05, 0.1) is 30.5 Å². The molecule has 1 unspecified atom stereocenters. The second-order valence-corrected chi connectivity index (χ2v) is 8.08. The van der Waals surface area contributed by atoms with Crippen LogP contribution in [0.5, 0.6) is 11.5 Å². The summed E-state index contributed by atoms with van der Waals surface area (Å²) in [5, 5.41) is 9.64. The van der Waals surface area contributed by atoms with Gasteiger partial charge >= 0.3 is 5.97 Å². The van der Waals surface area contributed by atoms with Gasteiger partial charge in [0.1, 0.15) is 0 Å². The fourth-order valence-electron chi connectivity index (χ4n) is 4.54. The van der Waals surface area contributed by atoms with Gasteiger partial charge in [0, 0.05) is 35.6 Å². The molecule has 2 aliphatic rings. The van der Waals surface area contributed by atoms with Crippen LogP contribution in [0.2, 0.25) is 5.02 Å². The Kier molecular flexibility index (Phi) is 5.93. The zero-order chi connectivity index (χ0) is 23.0. The Balaban J connectivity index is 1.92. The Bertz CT molecular complexity index is 1160. The van der Waals surface area contributed by atoms with Crippen LogP contribution < -0.4 is 14.4 Å². The third-order valence-electron chi connectivity index (χ3n) is 5.92. The Labute approximate surface area is 190 Å². The highest BCUT2D eigenvalue weighted by atomic mass is 35.5. The minimum Gasteiger partial charge on any atom is -0.493 e. The van der Waals surface area contributed by atoms with Crippen LogP contribution in [0.15, 0.2) is 47.7 Å². The molecular formula is C24H22ClNO6. The molecule has 1 aliphatic heterocycles. The van der Waals surface area contributed by atoms with Gasteiger partial charge in [-0.25, -0.2) is 4.79 Å². The Morgan fingerprint density at radius 3 is 2.59 bits per heavy atom. The van der Waals surface area contributed by atoms with E-state index in [2.05, 4.69) is 0 Å². The first-order valence-electron chi connectivity index (χ1n) is 10.2. The summed E-state index contributed by atoms with van der Waals surface area (Å²) in [6.07, 6.45) is 1.50. The van der Waals surface area contributed by atoms with Gasteiger partial charge in [0.15, 0.2) is 17.3 Å². The molecule has 0 spiro atoms. The van der Waals surface area contributed by atoms with E-state index in [0.717, 1.165) is 0 Å². The lowest BCUT2D eigenvalue weighted by Crippen LogP contribution is -2.40. The molecule has 7 nitrogen and oxygen atoms in total. The number of carboxylic acids is 1. The summed E-state index contributed by atoms with van der Waals surface area (Å²) in [4.78, 5) is 39.5. The second-order valence-electron chi connectivity index (χ2n) is 7.68. The summed E-state index contributed by atoms with van der Waals surface area (Å²) >= 11 is 6.38. The van der Waals surface area contributed by atoms with E-state index in [1.165, 1.54) is 37.3 Å². The van der Waals surface area contributed by atoms with E-state index in [1.54, 1.807) is 12.1 Å². The Hall–Kier alpha value is -3.32. The number of para-hydroxylation sites is 1. The van der Waals surface area contributed by atoms with Crippen LogP contribution in [0, 0.1) is 0 Å². The number of carbonyl (C=O) groups is 3. The molecule has 0 fully saturated rings. The molecule has 0 bridgehead atoms. The fourth-order valence-corrected chi connectivity index (χ4v) is 4.74. The molecule has 1 heterocycles. The maximum Gasteiger partial charge on any atom is 0.335 e. The monoisotopic (exact) mass is 455 g/mol. The zero-order valence-electron chi connectivity index (χ0n) is 17.7. The number of carbonyl (C=O) groups excluding carboxylic acids is 2. The molecule has 2 aromatic rings. The highest BCUT2D eigenvalue weighted by molar-refractivity contribution is 6.34. The number of allylic oxidation sites excluding steroid dienone is 2. The number of rotatable bonds is 5. The van der Waals surface area contributed by atoms with E-state index in [-0.39, 0.29) is 34.4 Å². The number of ketones is 1. The lowest BCUT2D eigenvalue weighted by Gasteiger charge is -2.39. The number of halogens is 1. The van der Waals surface area contributed by atoms with Crippen molar-refractivity contribution < 1.29 is 29.0 Å². The number of hydrogen-bond acceptors (Lipinski definition) is 5. The van der Waals surface area contributed by atoms with Crippen LogP contribution in [0.3, 0.4) is 0 Å². The Morgan fingerprint density at radius 2 is 1.91 bits per heavy atom. The third-order valence-corrected chi connectivity index (χ3v) is 6.24. The largest absolute Gasteiger partial charge is 0.493 e. The van der Waals surface area contributed by atoms with E-state index >= 15 is 0 Å². The van der Waals surface area contributed by atoms with Gasteiger partial charge in [-0.15, -0.1) is 0 Å². The predicted molar refractivity (Wildman–Crippen MR) is 119 cm³/mol. The molecular weight excluding hydrogens is 434 g/mol. The molecule has 0 saturated carbocycles. The molecule has 166 valence electrons. The van der Waals surface area contributed by atoms with Crippen molar-refractivity contribution in [2.75, 3.05) is 19.1 Å². The van der Waals surface area contributed by atoms with Gasteiger partial charge in [-0.05, 0) is 37.1 Å². The van der Waals surface area contributed by atoms with Gasteiger partial charge < -0.3 is 14.6 Å². The number of anilines is 1. The summed E-state index contributed by atoms with van der Waals surface area (Å²) in [6.45, 7) is 0. The summed E-state index contributed by atoms with van der Waals surface area (Å²) in [5.41, 5.74) is 2.09. The first-order chi connectivity index (χ1) is 15.4. The van der Waals surface area contributed by atoms with E-state index in [4.69, 9.17) is 21.1 Å². The zero-order valence-corrected chi connectivity index (χ0v) is 18.4. The highest BCUT2D eigenvalue weighted by Crippen LogP contribution is 2.48. The van der Waals surface area contributed by atoms with Gasteiger partial charge in [-0.3, -0.25) is 14.5 Å². The van der Waals surface area contributed by atoms with Crippen LogP contribution in [-0.2, 0) is 9.59 Å². The second kappa shape index (κ2) is 8.67. The Morgan fingerprint density at radius 1 is 1.12 bits per heavy atom. The number of Topliss-reactive ketones (excluding diaryl/α,β-unsaturated/α-hetero) is 1. The van der Waals surface area contributed by atoms with Crippen molar-refractivity contribution in [2.45, 2.75) is 31.6 Å². The predicted octanol–water partition coefficient (Wildman–Crippen LogP) is 4.58. The lowest BCUT2D eigenvalue weighted by atomic mass is 9.76. The topological polar surface area (TPSA) is 93.1 Å². The summed E-state index contributed by atoms with van der Waals surface area (Å²) in [6, 6.07) is 9.60. The van der Waals surface area contributed by atoms with Gasteiger partial charge in [0.2, 0.25) is 5.91 Å². The number of aromatic carboxylic acids is 1. The molecule has 4 rings (SSSR count). The summed E-state index contributed by atoms with van der Waals surface area (Å²) in [7, 11) is 3.05. The summed E-state index contributed by atoms with van der Waals surface area (Å²) < 4.78 is 11.0. The van der Waals surface area contributed by atoms with Crippen molar-refractivity contribution in [1.29, 1.82) is 0 Å². The van der Waals surface area contributed by atoms with E-state index < -0.39 is 11.9 Å². The molecule has 0 saturated heterocycles. The van der Waals surface area contributed by atoms with Crippen molar-refractivity contribution in [2.24, 2.45) is 0 Å². The van der Waals surface area contributed by atoms with Crippen molar-refractivity contribution in [3.05, 3.63) is 63.8 Å². The molecule has 0 radical (unpaired) electrons.